The van der Waals surface area contributed by atoms with E-state index in [0.29, 0.717) is 6.61 Å². The molecule has 0 saturated carbocycles. The van der Waals surface area contributed by atoms with Crippen molar-refractivity contribution >= 4 is 11.6 Å². The molecule has 24 heavy (non-hydrogen) atoms. The van der Waals surface area contributed by atoms with E-state index >= 15 is 0 Å². The fraction of sp³-hybridized carbons (Fsp3) is 0.588. The number of halogens is 2. The molecule has 0 bridgehead atoms. The molecule has 132 valence electrons. The van der Waals surface area contributed by atoms with Gasteiger partial charge in [-0.15, -0.1) is 0 Å². The minimum absolute atomic E-state index is 0.000509. The molecule has 5 nitrogen and oxygen atoms in total. The Morgan fingerprint density at radius 2 is 1.92 bits per heavy atom. The van der Waals surface area contributed by atoms with E-state index in [1.807, 2.05) is 0 Å². The quantitative estimate of drug-likeness (QED) is 0.895. The normalized spacial score (nSPS) is 22.0. The number of carbonyl (C=O) groups excluding carboxylic acids is 1. The van der Waals surface area contributed by atoms with Crippen molar-refractivity contribution in [2.45, 2.75) is 44.4 Å². The van der Waals surface area contributed by atoms with Gasteiger partial charge in [0.25, 0.3) is 0 Å². The Morgan fingerprint density at radius 3 is 2.50 bits per heavy atom. The van der Waals surface area contributed by atoms with Gasteiger partial charge in [0, 0.05) is 31.4 Å². The zero-order valence-corrected chi connectivity index (χ0v) is 13.4. The molecule has 2 saturated heterocycles. The van der Waals surface area contributed by atoms with Crippen LogP contribution in [0.25, 0.3) is 0 Å². The first-order valence-corrected chi connectivity index (χ1v) is 8.33. The number of ether oxygens (including phenoxy) is 2. The highest BCUT2D eigenvalue weighted by molar-refractivity contribution is 5.81. The first kappa shape index (κ1) is 17.0. The highest BCUT2D eigenvalue weighted by atomic mass is 19.3. The van der Waals surface area contributed by atoms with Gasteiger partial charge >= 0.3 is 6.61 Å². The molecule has 1 N–H and O–H groups in total. The topological polar surface area (TPSA) is 50.8 Å². The highest BCUT2D eigenvalue weighted by Crippen LogP contribution is 2.24. The monoisotopic (exact) mass is 340 g/mol. The Kier molecular flexibility index (Phi) is 5.50. The molecule has 0 spiro atoms. The minimum atomic E-state index is -2.81. The molecular weight excluding hydrogens is 318 g/mol. The van der Waals surface area contributed by atoms with Gasteiger partial charge in [-0.2, -0.15) is 8.78 Å². The van der Waals surface area contributed by atoms with E-state index < -0.39 is 6.61 Å². The molecule has 0 radical (unpaired) electrons. The van der Waals surface area contributed by atoms with Crippen molar-refractivity contribution in [3.8, 4) is 5.75 Å². The number of rotatable bonds is 5. The van der Waals surface area contributed by atoms with Crippen molar-refractivity contribution in [1.29, 1.82) is 0 Å². The average Bonchev–Trinajstić information content (AvgIpc) is 3.10. The summed E-state index contributed by atoms with van der Waals surface area (Å²) in [6, 6.07) is 6.82. The van der Waals surface area contributed by atoms with E-state index in [-0.39, 0.29) is 23.8 Å². The first-order valence-electron chi connectivity index (χ1n) is 8.33. The summed E-state index contributed by atoms with van der Waals surface area (Å²) < 4.78 is 34.1. The number of benzene rings is 1. The lowest BCUT2D eigenvalue weighted by atomic mass is 10.0. The third-order valence-corrected chi connectivity index (χ3v) is 4.49. The van der Waals surface area contributed by atoms with Crippen molar-refractivity contribution in [3.63, 3.8) is 0 Å². The number of carbonyl (C=O) groups is 1. The van der Waals surface area contributed by atoms with Crippen LogP contribution in [0.3, 0.4) is 0 Å². The minimum Gasteiger partial charge on any atom is -0.435 e. The van der Waals surface area contributed by atoms with Gasteiger partial charge in [0.05, 0.1) is 0 Å². The third-order valence-electron chi connectivity index (χ3n) is 4.49. The van der Waals surface area contributed by atoms with Crippen LogP contribution in [0.1, 0.15) is 25.7 Å². The van der Waals surface area contributed by atoms with Gasteiger partial charge in [-0.05, 0) is 49.9 Å². The molecule has 0 unspecified atom stereocenters. The smallest absolute Gasteiger partial charge is 0.387 e. The summed E-state index contributed by atoms with van der Waals surface area (Å²) in [6.07, 6.45) is 3.17. The summed E-state index contributed by atoms with van der Waals surface area (Å²) in [5.41, 5.74) is 0.973. The first-order chi connectivity index (χ1) is 11.6. The maximum Gasteiger partial charge on any atom is 0.387 e. The number of hydrogen-bond acceptors (Lipinski definition) is 4. The standard InChI is InChI=1S/C17H22F2N2O3/c18-17(19)24-14-5-3-13(4-6-14)21-9-7-12(8-10-21)20-16(22)15-2-1-11-23-15/h3-6,12,15,17H,1-2,7-11H2,(H,20,22)/t15-/m1/s1. The van der Waals surface area contributed by atoms with Crippen molar-refractivity contribution in [2.75, 3.05) is 24.6 Å². The molecule has 0 aliphatic carbocycles. The Morgan fingerprint density at radius 1 is 1.21 bits per heavy atom. The fourth-order valence-electron chi connectivity index (χ4n) is 3.20. The zero-order valence-electron chi connectivity index (χ0n) is 13.4. The summed E-state index contributed by atoms with van der Waals surface area (Å²) >= 11 is 0. The van der Waals surface area contributed by atoms with Gasteiger partial charge in [0.15, 0.2) is 0 Å². The van der Waals surface area contributed by atoms with Crippen molar-refractivity contribution in [2.24, 2.45) is 0 Å². The largest absolute Gasteiger partial charge is 0.435 e. The number of anilines is 1. The number of amides is 1. The lowest BCUT2D eigenvalue weighted by Crippen LogP contribution is -2.47. The molecule has 1 aromatic carbocycles. The van der Waals surface area contributed by atoms with Gasteiger partial charge < -0.3 is 19.7 Å². The maximum absolute atomic E-state index is 12.2. The van der Waals surface area contributed by atoms with Crippen molar-refractivity contribution < 1.29 is 23.0 Å². The van der Waals surface area contributed by atoms with Crippen LogP contribution in [0.2, 0.25) is 0 Å². The lowest BCUT2D eigenvalue weighted by Gasteiger charge is -2.34. The van der Waals surface area contributed by atoms with Crippen LogP contribution in [0, 0.1) is 0 Å². The van der Waals surface area contributed by atoms with Crippen LogP contribution in [-0.4, -0.2) is 44.4 Å². The lowest BCUT2D eigenvalue weighted by molar-refractivity contribution is -0.130. The number of alkyl halides is 2. The predicted octanol–water partition coefficient (Wildman–Crippen LogP) is 2.55. The Balaban J connectivity index is 1.47. The molecule has 7 heteroatoms. The average molecular weight is 340 g/mol. The van der Waals surface area contributed by atoms with Crippen LogP contribution in [0.15, 0.2) is 24.3 Å². The van der Waals surface area contributed by atoms with Gasteiger partial charge in [-0.1, -0.05) is 0 Å². The zero-order chi connectivity index (χ0) is 16.9. The Labute approximate surface area is 139 Å². The number of nitrogens with zero attached hydrogens (tertiary/aromatic N) is 1. The molecule has 1 atom stereocenters. The van der Waals surface area contributed by atoms with Gasteiger partial charge in [-0.25, -0.2) is 0 Å². The molecule has 1 aromatic rings. The van der Waals surface area contributed by atoms with Crippen LogP contribution < -0.4 is 15.0 Å². The number of piperidine rings is 1. The highest BCUT2D eigenvalue weighted by Gasteiger charge is 2.27. The van der Waals surface area contributed by atoms with Gasteiger partial charge in [-0.3, -0.25) is 4.79 Å². The SMILES string of the molecule is O=C(NC1CCN(c2ccc(OC(F)F)cc2)CC1)[C@H]1CCCO1. The summed E-state index contributed by atoms with van der Waals surface area (Å²) in [5.74, 6) is 0.159. The molecule has 2 aliphatic rings. The van der Waals surface area contributed by atoms with Gasteiger partial charge in [0.2, 0.25) is 5.91 Å². The molecule has 1 amide bonds. The fourth-order valence-corrected chi connectivity index (χ4v) is 3.20. The maximum atomic E-state index is 12.2. The Bertz CT molecular complexity index is 539. The van der Waals surface area contributed by atoms with Crippen LogP contribution in [0.4, 0.5) is 14.5 Å². The van der Waals surface area contributed by atoms with E-state index in [1.165, 1.54) is 0 Å². The second-order valence-corrected chi connectivity index (χ2v) is 6.14. The molecule has 2 fully saturated rings. The molecule has 2 aliphatic heterocycles. The summed E-state index contributed by atoms with van der Waals surface area (Å²) in [6.45, 7) is -0.516. The van der Waals surface area contributed by atoms with E-state index in [1.54, 1.807) is 24.3 Å². The molecule has 2 heterocycles. The third kappa shape index (κ3) is 4.35. The van der Waals surface area contributed by atoms with E-state index in [0.717, 1.165) is 44.5 Å². The van der Waals surface area contributed by atoms with E-state index in [2.05, 4.69) is 15.0 Å². The van der Waals surface area contributed by atoms with Crippen molar-refractivity contribution in [3.05, 3.63) is 24.3 Å². The number of hydrogen-bond donors (Lipinski definition) is 1. The van der Waals surface area contributed by atoms with Crippen LogP contribution in [-0.2, 0) is 9.53 Å². The summed E-state index contributed by atoms with van der Waals surface area (Å²) in [4.78, 5) is 14.2. The second-order valence-electron chi connectivity index (χ2n) is 6.14. The van der Waals surface area contributed by atoms with E-state index in [4.69, 9.17) is 4.74 Å². The van der Waals surface area contributed by atoms with Crippen molar-refractivity contribution in [1.82, 2.24) is 5.32 Å². The van der Waals surface area contributed by atoms with Crippen LogP contribution >= 0.6 is 0 Å². The molecule has 0 aromatic heterocycles. The Hall–Kier alpha value is -1.89. The van der Waals surface area contributed by atoms with Gasteiger partial charge in [0.1, 0.15) is 11.9 Å². The second kappa shape index (κ2) is 7.79. The van der Waals surface area contributed by atoms with Crippen LogP contribution in [0.5, 0.6) is 5.75 Å². The summed E-state index contributed by atoms with van der Waals surface area (Å²) in [5, 5.41) is 3.07. The molecule has 3 rings (SSSR count). The van der Waals surface area contributed by atoms with E-state index in [9.17, 15) is 13.6 Å². The number of nitrogens with one attached hydrogen (secondary N) is 1. The predicted molar refractivity (Wildman–Crippen MR) is 85.4 cm³/mol. The molecular formula is C17H22F2N2O3. The summed E-state index contributed by atoms with van der Waals surface area (Å²) in [7, 11) is 0.